The predicted molar refractivity (Wildman–Crippen MR) is 46.8 cm³/mol. The van der Waals surface area contributed by atoms with Crippen molar-refractivity contribution >= 4 is 5.69 Å². The highest BCUT2D eigenvalue weighted by atomic mass is 16.6. The van der Waals surface area contributed by atoms with Crippen LogP contribution in [-0.2, 0) is 11.3 Å². The molecule has 1 aromatic heterocycles. The molecule has 0 atom stereocenters. The van der Waals surface area contributed by atoms with Crippen molar-refractivity contribution in [2.24, 2.45) is 0 Å². The lowest BCUT2D eigenvalue weighted by molar-refractivity contribution is -0.385. The van der Waals surface area contributed by atoms with Crippen molar-refractivity contribution in [2.45, 2.75) is 6.54 Å². The van der Waals surface area contributed by atoms with Crippen molar-refractivity contribution in [2.75, 3.05) is 19.8 Å². The molecule has 0 radical (unpaired) electrons. The smallest absolute Gasteiger partial charge is 0.306 e. The Morgan fingerprint density at radius 2 is 2.43 bits per heavy atom. The number of aliphatic hydroxyl groups excluding tert-OH is 1. The fourth-order valence-electron chi connectivity index (χ4n) is 0.894. The lowest BCUT2D eigenvalue weighted by Crippen LogP contribution is -2.08. The fraction of sp³-hybridized carbons (Fsp3) is 0.571. The van der Waals surface area contributed by atoms with E-state index >= 15 is 0 Å². The molecular weight excluding hydrogens is 190 g/mol. The Kier molecular flexibility index (Phi) is 4.02. The summed E-state index contributed by atoms with van der Waals surface area (Å²) in [6, 6.07) is 0. The van der Waals surface area contributed by atoms with Crippen molar-refractivity contribution < 1.29 is 14.8 Å². The van der Waals surface area contributed by atoms with Crippen LogP contribution in [0.25, 0.3) is 0 Å². The van der Waals surface area contributed by atoms with Gasteiger partial charge in [0.2, 0.25) is 0 Å². The molecule has 0 unspecified atom stereocenters. The van der Waals surface area contributed by atoms with Gasteiger partial charge in [-0.05, 0) is 0 Å². The molecule has 0 aliphatic heterocycles. The van der Waals surface area contributed by atoms with Gasteiger partial charge in [-0.25, -0.2) is 0 Å². The van der Waals surface area contributed by atoms with E-state index in [1.165, 1.54) is 17.1 Å². The molecule has 0 aliphatic rings. The summed E-state index contributed by atoms with van der Waals surface area (Å²) in [6.45, 7) is 1.05. The minimum Gasteiger partial charge on any atom is -0.394 e. The summed E-state index contributed by atoms with van der Waals surface area (Å²) in [6.07, 6.45) is 2.52. The molecule has 1 rings (SSSR count). The zero-order chi connectivity index (χ0) is 10.4. The third-order valence-electron chi connectivity index (χ3n) is 1.53. The molecule has 1 heterocycles. The van der Waals surface area contributed by atoms with Crippen molar-refractivity contribution in [3.8, 4) is 0 Å². The van der Waals surface area contributed by atoms with E-state index in [-0.39, 0.29) is 18.9 Å². The molecule has 7 heteroatoms. The van der Waals surface area contributed by atoms with Gasteiger partial charge in [-0.15, -0.1) is 0 Å². The van der Waals surface area contributed by atoms with Gasteiger partial charge in [-0.3, -0.25) is 14.8 Å². The molecule has 78 valence electrons. The van der Waals surface area contributed by atoms with Crippen LogP contribution >= 0.6 is 0 Å². The highest BCUT2D eigenvalue weighted by molar-refractivity contribution is 5.20. The topological polar surface area (TPSA) is 90.4 Å². The largest absolute Gasteiger partial charge is 0.394 e. The number of nitrogens with zero attached hydrogens (tertiary/aromatic N) is 3. The summed E-state index contributed by atoms with van der Waals surface area (Å²) in [5, 5.41) is 22.4. The highest BCUT2D eigenvalue weighted by Gasteiger charge is 2.07. The number of hydrogen-bond donors (Lipinski definition) is 1. The Labute approximate surface area is 80.1 Å². The van der Waals surface area contributed by atoms with Gasteiger partial charge < -0.3 is 9.84 Å². The average molecular weight is 201 g/mol. The van der Waals surface area contributed by atoms with Crippen LogP contribution in [0.4, 0.5) is 5.69 Å². The van der Waals surface area contributed by atoms with Gasteiger partial charge in [0.25, 0.3) is 0 Å². The van der Waals surface area contributed by atoms with Crippen LogP contribution in [0.15, 0.2) is 12.4 Å². The van der Waals surface area contributed by atoms with Crippen molar-refractivity contribution in [3.05, 3.63) is 22.5 Å². The van der Waals surface area contributed by atoms with E-state index in [9.17, 15) is 10.1 Å². The monoisotopic (exact) mass is 201 g/mol. The molecule has 0 spiro atoms. The van der Waals surface area contributed by atoms with E-state index in [0.29, 0.717) is 13.2 Å². The SMILES string of the molecule is O=[N+]([O-])c1cnn(CCOCCO)c1. The summed E-state index contributed by atoms with van der Waals surface area (Å²) in [5.74, 6) is 0. The molecule has 0 aromatic carbocycles. The van der Waals surface area contributed by atoms with Crippen LogP contribution in [0.3, 0.4) is 0 Å². The second-order valence-corrected chi connectivity index (χ2v) is 2.55. The van der Waals surface area contributed by atoms with Crippen LogP contribution in [-0.4, -0.2) is 39.6 Å². The summed E-state index contributed by atoms with van der Waals surface area (Å²) in [7, 11) is 0. The molecule has 0 fully saturated rings. The van der Waals surface area contributed by atoms with Gasteiger partial charge >= 0.3 is 5.69 Å². The van der Waals surface area contributed by atoms with E-state index in [2.05, 4.69) is 5.10 Å². The number of ether oxygens (including phenoxy) is 1. The van der Waals surface area contributed by atoms with Crippen LogP contribution in [0.1, 0.15) is 0 Å². The number of rotatable bonds is 6. The predicted octanol–water partition coefficient (Wildman–Crippen LogP) is -0.200. The summed E-state index contributed by atoms with van der Waals surface area (Å²) in [5.41, 5.74) is -0.0350. The Morgan fingerprint density at radius 3 is 3.00 bits per heavy atom. The molecule has 1 aromatic rings. The zero-order valence-electron chi connectivity index (χ0n) is 7.50. The first-order chi connectivity index (χ1) is 6.74. The minimum absolute atomic E-state index is 0.0285. The second kappa shape index (κ2) is 5.30. The normalized spacial score (nSPS) is 10.4. The minimum atomic E-state index is -0.502. The maximum Gasteiger partial charge on any atom is 0.306 e. The summed E-state index contributed by atoms with van der Waals surface area (Å²) in [4.78, 5) is 9.78. The van der Waals surface area contributed by atoms with Crippen LogP contribution in [0, 0.1) is 10.1 Å². The molecule has 14 heavy (non-hydrogen) atoms. The summed E-state index contributed by atoms with van der Waals surface area (Å²) < 4.78 is 6.40. The van der Waals surface area contributed by atoms with Gasteiger partial charge in [-0.1, -0.05) is 0 Å². The molecule has 0 amide bonds. The number of aliphatic hydroxyl groups is 1. The van der Waals surface area contributed by atoms with Crippen LogP contribution in [0.2, 0.25) is 0 Å². The van der Waals surface area contributed by atoms with Gasteiger partial charge in [-0.2, -0.15) is 5.10 Å². The number of hydrogen-bond acceptors (Lipinski definition) is 5. The van der Waals surface area contributed by atoms with Crippen molar-refractivity contribution in [1.29, 1.82) is 0 Å². The molecule has 0 saturated carbocycles. The third-order valence-corrected chi connectivity index (χ3v) is 1.53. The average Bonchev–Trinajstić information content (AvgIpc) is 2.61. The fourth-order valence-corrected chi connectivity index (χ4v) is 0.894. The zero-order valence-corrected chi connectivity index (χ0v) is 7.50. The van der Waals surface area contributed by atoms with E-state index in [0.717, 1.165) is 0 Å². The molecule has 0 aliphatic carbocycles. The lowest BCUT2D eigenvalue weighted by Gasteiger charge is -2.01. The Morgan fingerprint density at radius 1 is 1.64 bits per heavy atom. The number of nitro groups is 1. The first kappa shape index (κ1) is 10.6. The molecule has 7 nitrogen and oxygen atoms in total. The van der Waals surface area contributed by atoms with E-state index in [1.54, 1.807) is 0 Å². The standard InChI is InChI=1S/C7H11N3O4/c11-2-4-14-3-1-9-6-7(5-8-9)10(12)13/h5-6,11H,1-4H2. The number of aromatic nitrogens is 2. The van der Waals surface area contributed by atoms with Crippen molar-refractivity contribution in [1.82, 2.24) is 9.78 Å². The molecule has 0 bridgehead atoms. The van der Waals surface area contributed by atoms with E-state index < -0.39 is 4.92 Å². The Bertz CT molecular complexity index is 299. The Balaban J connectivity index is 2.33. The molecule has 1 N–H and O–H groups in total. The summed E-state index contributed by atoms with van der Waals surface area (Å²) >= 11 is 0. The third kappa shape index (κ3) is 3.11. The van der Waals surface area contributed by atoms with Gasteiger partial charge in [0.15, 0.2) is 0 Å². The maximum absolute atomic E-state index is 10.3. The van der Waals surface area contributed by atoms with Gasteiger partial charge in [0.1, 0.15) is 12.4 Å². The van der Waals surface area contributed by atoms with Crippen molar-refractivity contribution in [3.63, 3.8) is 0 Å². The quantitative estimate of drug-likeness (QED) is 0.391. The first-order valence-electron chi connectivity index (χ1n) is 4.09. The van der Waals surface area contributed by atoms with Gasteiger partial charge in [0.05, 0.1) is 31.3 Å². The highest BCUT2D eigenvalue weighted by Crippen LogP contribution is 2.07. The molecule has 0 saturated heterocycles. The Hall–Kier alpha value is -1.47. The first-order valence-corrected chi connectivity index (χ1v) is 4.09. The lowest BCUT2D eigenvalue weighted by atomic mass is 10.6. The van der Waals surface area contributed by atoms with Gasteiger partial charge in [0, 0.05) is 0 Å². The molecular formula is C7H11N3O4. The van der Waals surface area contributed by atoms with Crippen LogP contribution in [0.5, 0.6) is 0 Å². The second-order valence-electron chi connectivity index (χ2n) is 2.55. The maximum atomic E-state index is 10.3. The van der Waals surface area contributed by atoms with E-state index in [4.69, 9.17) is 9.84 Å². The van der Waals surface area contributed by atoms with E-state index in [1.807, 2.05) is 0 Å². The van der Waals surface area contributed by atoms with Crippen LogP contribution < -0.4 is 0 Å².